The molecule has 4 rings (SSSR count). The molecule has 0 bridgehead atoms. The van der Waals surface area contributed by atoms with Crippen LogP contribution in [-0.4, -0.2) is 83.0 Å². The lowest BCUT2D eigenvalue weighted by molar-refractivity contribution is 0.0195. The van der Waals surface area contributed by atoms with Crippen molar-refractivity contribution < 1.29 is 4.74 Å². The van der Waals surface area contributed by atoms with E-state index in [1.54, 1.807) is 0 Å². The Morgan fingerprint density at radius 1 is 1.25 bits per heavy atom. The van der Waals surface area contributed by atoms with E-state index in [1.165, 1.54) is 12.8 Å². The van der Waals surface area contributed by atoms with Crippen molar-refractivity contribution in [2.75, 3.05) is 46.4 Å². The van der Waals surface area contributed by atoms with Gasteiger partial charge < -0.3 is 19.5 Å². The number of fused-ring (bicyclic) bond motifs is 1. The number of hydrogen-bond donors (Lipinski definition) is 1. The first kappa shape index (κ1) is 15.8. The van der Waals surface area contributed by atoms with Gasteiger partial charge in [0, 0.05) is 52.2 Å². The maximum atomic E-state index is 5.46. The predicted molar refractivity (Wildman–Crippen MR) is 90.9 cm³/mol. The molecule has 3 aliphatic rings. The Labute approximate surface area is 142 Å². The summed E-state index contributed by atoms with van der Waals surface area (Å²) in [5.74, 6) is 3.11. The van der Waals surface area contributed by atoms with Crippen molar-refractivity contribution in [3.8, 4) is 0 Å². The average molecular weight is 333 g/mol. The molecule has 24 heavy (non-hydrogen) atoms. The molecule has 8 heteroatoms. The zero-order valence-electron chi connectivity index (χ0n) is 14.4. The zero-order chi connectivity index (χ0) is 16.4. The van der Waals surface area contributed by atoms with Gasteiger partial charge in [-0.25, -0.2) is 0 Å². The van der Waals surface area contributed by atoms with Crippen molar-refractivity contribution in [1.82, 2.24) is 29.9 Å². The quantitative estimate of drug-likeness (QED) is 0.605. The van der Waals surface area contributed by atoms with Gasteiger partial charge in [-0.2, -0.15) is 0 Å². The zero-order valence-corrected chi connectivity index (χ0v) is 14.4. The van der Waals surface area contributed by atoms with E-state index in [-0.39, 0.29) is 0 Å². The fourth-order valence-corrected chi connectivity index (χ4v) is 4.01. The summed E-state index contributed by atoms with van der Waals surface area (Å²) in [6.07, 6.45) is 3.43. The highest BCUT2D eigenvalue weighted by Crippen LogP contribution is 2.17. The minimum atomic E-state index is 0.616. The van der Waals surface area contributed by atoms with Gasteiger partial charge >= 0.3 is 0 Å². The highest BCUT2D eigenvalue weighted by Gasteiger charge is 2.30. The Morgan fingerprint density at radius 2 is 2.12 bits per heavy atom. The van der Waals surface area contributed by atoms with Crippen LogP contribution in [0.1, 0.15) is 24.5 Å². The summed E-state index contributed by atoms with van der Waals surface area (Å²) >= 11 is 0. The highest BCUT2D eigenvalue weighted by atomic mass is 16.5. The number of rotatable bonds is 3. The standard InChI is InChI=1S/C16H27N7O/c1-17-16(18-11-15-20-19-14-3-2-5-23(14)15)22-6-4-13(12-22)21-7-9-24-10-8-21/h13H,2-12H2,1H3,(H,17,18). The molecule has 1 atom stereocenters. The Bertz CT molecular complexity index is 593. The number of morpholine rings is 1. The first-order chi connectivity index (χ1) is 11.8. The lowest BCUT2D eigenvalue weighted by Gasteiger charge is -2.32. The van der Waals surface area contributed by atoms with E-state index in [2.05, 4.69) is 34.9 Å². The molecule has 0 spiro atoms. The molecule has 0 saturated carbocycles. The van der Waals surface area contributed by atoms with Gasteiger partial charge in [-0.3, -0.25) is 9.89 Å². The Morgan fingerprint density at radius 3 is 2.96 bits per heavy atom. The maximum Gasteiger partial charge on any atom is 0.194 e. The minimum absolute atomic E-state index is 0.616. The third-order valence-electron chi connectivity index (χ3n) is 5.33. The third-order valence-corrected chi connectivity index (χ3v) is 5.33. The second-order valence-electron chi connectivity index (χ2n) is 6.73. The second-order valence-corrected chi connectivity index (χ2v) is 6.73. The molecule has 0 radical (unpaired) electrons. The van der Waals surface area contributed by atoms with Gasteiger partial charge in [0.25, 0.3) is 0 Å². The Hall–Kier alpha value is -1.67. The van der Waals surface area contributed by atoms with E-state index in [9.17, 15) is 0 Å². The van der Waals surface area contributed by atoms with Gasteiger partial charge in [0.15, 0.2) is 11.8 Å². The molecule has 4 heterocycles. The number of likely N-dealkylation sites (tertiary alicyclic amines) is 1. The average Bonchev–Trinajstić information content (AvgIpc) is 3.34. The number of aliphatic imine (C=N–C) groups is 1. The molecule has 1 N–H and O–H groups in total. The van der Waals surface area contributed by atoms with E-state index in [0.717, 1.165) is 70.0 Å². The number of nitrogens with one attached hydrogen (secondary N) is 1. The van der Waals surface area contributed by atoms with Gasteiger partial charge in [-0.1, -0.05) is 0 Å². The largest absolute Gasteiger partial charge is 0.379 e. The summed E-state index contributed by atoms with van der Waals surface area (Å²) in [5, 5.41) is 12.1. The molecule has 2 saturated heterocycles. The normalized spacial score (nSPS) is 25.3. The molecular formula is C16H27N7O. The fraction of sp³-hybridized carbons (Fsp3) is 0.812. The van der Waals surface area contributed by atoms with Crippen LogP contribution in [0, 0.1) is 0 Å². The lowest BCUT2D eigenvalue weighted by Crippen LogP contribution is -2.46. The summed E-state index contributed by atoms with van der Waals surface area (Å²) in [7, 11) is 1.86. The summed E-state index contributed by atoms with van der Waals surface area (Å²) in [4.78, 5) is 9.39. The van der Waals surface area contributed by atoms with E-state index < -0.39 is 0 Å². The summed E-state index contributed by atoms with van der Waals surface area (Å²) < 4.78 is 7.70. The van der Waals surface area contributed by atoms with Crippen molar-refractivity contribution in [2.45, 2.75) is 38.4 Å². The number of hydrogen-bond acceptors (Lipinski definition) is 5. The van der Waals surface area contributed by atoms with Crippen molar-refractivity contribution in [3.05, 3.63) is 11.6 Å². The fourth-order valence-electron chi connectivity index (χ4n) is 4.01. The third kappa shape index (κ3) is 3.12. The first-order valence-electron chi connectivity index (χ1n) is 9.03. The van der Waals surface area contributed by atoms with E-state index in [4.69, 9.17) is 4.74 Å². The molecule has 0 aromatic carbocycles. The Kier molecular flexibility index (Phi) is 4.66. The van der Waals surface area contributed by atoms with Crippen molar-refractivity contribution in [2.24, 2.45) is 4.99 Å². The molecule has 132 valence electrons. The van der Waals surface area contributed by atoms with Gasteiger partial charge in [0.1, 0.15) is 5.82 Å². The van der Waals surface area contributed by atoms with Crippen molar-refractivity contribution in [3.63, 3.8) is 0 Å². The van der Waals surface area contributed by atoms with Gasteiger partial charge in [0.05, 0.1) is 19.8 Å². The maximum absolute atomic E-state index is 5.46. The van der Waals surface area contributed by atoms with E-state index in [1.807, 2.05) is 7.05 Å². The molecule has 3 aliphatic heterocycles. The smallest absolute Gasteiger partial charge is 0.194 e. The topological polar surface area (TPSA) is 70.8 Å². The monoisotopic (exact) mass is 333 g/mol. The molecular weight excluding hydrogens is 306 g/mol. The number of guanidine groups is 1. The van der Waals surface area contributed by atoms with Gasteiger partial charge in [-0.05, 0) is 12.8 Å². The van der Waals surface area contributed by atoms with Crippen LogP contribution in [0.4, 0.5) is 0 Å². The Balaban J connectivity index is 1.32. The van der Waals surface area contributed by atoms with E-state index in [0.29, 0.717) is 12.6 Å². The van der Waals surface area contributed by atoms with Crippen LogP contribution in [-0.2, 0) is 24.2 Å². The highest BCUT2D eigenvalue weighted by molar-refractivity contribution is 5.80. The minimum Gasteiger partial charge on any atom is -0.379 e. The number of aromatic nitrogens is 3. The van der Waals surface area contributed by atoms with Gasteiger partial charge in [0.2, 0.25) is 0 Å². The van der Waals surface area contributed by atoms with Gasteiger partial charge in [-0.15, -0.1) is 10.2 Å². The van der Waals surface area contributed by atoms with Crippen LogP contribution in [0.5, 0.6) is 0 Å². The molecule has 1 unspecified atom stereocenters. The first-order valence-corrected chi connectivity index (χ1v) is 9.03. The van der Waals surface area contributed by atoms with Crippen molar-refractivity contribution >= 4 is 5.96 Å². The SMILES string of the molecule is CN=C(NCc1nnc2n1CCC2)N1CCC(N2CCOCC2)C1. The second kappa shape index (κ2) is 7.06. The van der Waals surface area contributed by atoms with Crippen LogP contribution in [0.2, 0.25) is 0 Å². The molecule has 8 nitrogen and oxygen atoms in total. The number of aryl methyl sites for hydroxylation is 1. The molecule has 0 amide bonds. The molecule has 1 aromatic heterocycles. The van der Waals surface area contributed by atoms with Crippen LogP contribution in [0.25, 0.3) is 0 Å². The predicted octanol–water partition coefficient (Wildman–Crippen LogP) is -0.294. The molecule has 1 aromatic rings. The summed E-state index contributed by atoms with van der Waals surface area (Å²) in [5.41, 5.74) is 0. The number of ether oxygens (including phenoxy) is 1. The lowest BCUT2D eigenvalue weighted by atomic mass is 10.2. The number of nitrogens with zero attached hydrogens (tertiary/aromatic N) is 6. The van der Waals surface area contributed by atoms with Crippen LogP contribution >= 0.6 is 0 Å². The van der Waals surface area contributed by atoms with Crippen LogP contribution in [0.15, 0.2) is 4.99 Å². The summed E-state index contributed by atoms with van der Waals surface area (Å²) in [6.45, 7) is 7.66. The van der Waals surface area contributed by atoms with Crippen LogP contribution < -0.4 is 5.32 Å². The molecule has 2 fully saturated rings. The molecule has 0 aliphatic carbocycles. The van der Waals surface area contributed by atoms with E-state index >= 15 is 0 Å². The van der Waals surface area contributed by atoms with Crippen LogP contribution in [0.3, 0.4) is 0 Å². The van der Waals surface area contributed by atoms with Crippen molar-refractivity contribution in [1.29, 1.82) is 0 Å². The summed E-state index contributed by atoms with van der Waals surface area (Å²) in [6, 6.07) is 0.616.